The molecule has 6 nitrogen and oxygen atoms in total. The number of hydrogen-bond donors (Lipinski definition) is 1. The number of amides is 1. The number of carboxylic acids is 1. The number of carboxylic acid groups (broad SMARTS) is 1. The summed E-state index contributed by atoms with van der Waals surface area (Å²) < 4.78 is 11.0. The summed E-state index contributed by atoms with van der Waals surface area (Å²) in [5.74, 6) is -1.16. The van der Waals surface area contributed by atoms with Gasteiger partial charge in [0.1, 0.15) is 6.61 Å². The SMILES string of the molecule is CC1(C)COCC(C(=O)O)N1C(=O)OCC1c2ccccc2-c2ccccc21. The quantitative estimate of drug-likeness (QED) is 0.881. The smallest absolute Gasteiger partial charge is 0.411 e. The Kier molecular flexibility index (Phi) is 4.59. The molecule has 1 aliphatic heterocycles. The van der Waals surface area contributed by atoms with E-state index in [0.717, 1.165) is 22.3 Å². The van der Waals surface area contributed by atoms with Gasteiger partial charge in [-0.05, 0) is 36.1 Å². The minimum atomic E-state index is -1.10. The van der Waals surface area contributed by atoms with E-state index in [0.29, 0.717) is 0 Å². The summed E-state index contributed by atoms with van der Waals surface area (Å²) >= 11 is 0. The molecule has 1 N–H and O–H groups in total. The molecule has 1 fully saturated rings. The highest BCUT2D eigenvalue weighted by molar-refractivity contribution is 5.82. The molecule has 1 saturated heterocycles. The molecule has 0 radical (unpaired) electrons. The molecule has 0 spiro atoms. The number of ether oxygens (including phenoxy) is 2. The maximum Gasteiger partial charge on any atom is 0.411 e. The number of rotatable bonds is 3. The van der Waals surface area contributed by atoms with Gasteiger partial charge in [-0.1, -0.05) is 48.5 Å². The molecule has 6 heteroatoms. The van der Waals surface area contributed by atoms with E-state index in [9.17, 15) is 14.7 Å². The van der Waals surface area contributed by atoms with Crippen LogP contribution in [0.1, 0.15) is 30.9 Å². The van der Waals surface area contributed by atoms with Gasteiger partial charge in [0.2, 0.25) is 0 Å². The number of morpholine rings is 1. The molecule has 2 aromatic carbocycles. The molecular formula is C22H23NO5. The maximum absolute atomic E-state index is 12.9. The van der Waals surface area contributed by atoms with E-state index in [1.54, 1.807) is 13.8 Å². The van der Waals surface area contributed by atoms with Crippen LogP contribution in [0.2, 0.25) is 0 Å². The Hall–Kier alpha value is -2.86. The van der Waals surface area contributed by atoms with Crippen molar-refractivity contribution in [1.29, 1.82) is 0 Å². The first-order valence-electron chi connectivity index (χ1n) is 9.35. The predicted molar refractivity (Wildman–Crippen MR) is 103 cm³/mol. The van der Waals surface area contributed by atoms with Gasteiger partial charge in [-0.3, -0.25) is 4.90 Å². The van der Waals surface area contributed by atoms with Crippen LogP contribution in [0.25, 0.3) is 11.1 Å². The average Bonchev–Trinajstić information content (AvgIpc) is 2.99. The number of nitrogens with zero attached hydrogens (tertiary/aromatic N) is 1. The van der Waals surface area contributed by atoms with Crippen LogP contribution in [0.4, 0.5) is 4.79 Å². The normalized spacial score (nSPS) is 20.4. The molecule has 1 heterocycles. The zero-order valence-electron chi connectivity index (χ0n) is 15.9. The Balaban J connectivity index is 1.57. The van der Waals surface area contributed by atoms with Crippen molar-refractivity contribution in [3.63, 3.8) is 0 Å². The molecule has 0 aromatic heterocycles. The van der Waals surface area contributed by atoms with Gasteiger partial charge in [0, 0.05) is 5.92 Å². The standard InChI is InChI=1S/C22H23NO5/c1-22(2)13-27-12-19(20(24)25)23(22)21(26)28-11-18-16-9-5-3-7-14(16)15-8-4-6-10-17(15)18/h3-10,18-19H,11-13H2,1-2H3,(H,24,25). The fraction of sp³-hybridized carbons (Fsp3) is 0.364. The Morgan fingerprint density at radius 1 is 1.11 bits per heavy atom. The molecule has 1 unspecified atom stereocenters. The van der Waals surface area contributed by atoms with Crippen LogP contribution < -0.4 is 0 Å². The Labute approximate surface area is 163 Å². The summed E-state index contributed by atoms with van der Waals surface area (Å²) in [6, 6.07) is 15.1. The van der Waals surface area contributed by atoms with Gasteiger partial charge in [-0.2, -0.15) is 0 Å². The van der Waals surface area contributed by atoms with Crippen LogP contribution in [-0.4, -0.2) is 53.5 Å². The number of aliphatic carboxylic acids is 1. The van der Waals surface area contributed by atoms with Gasteiger partial charge in [0.25, 0.3) is 0 Å². The van der Waals surface area contributed by atoms with Gasteiger partial charge >= 0.3 is 12.1 Å². The second-order valence-corrected chi connectivity index (χ2v) is 7.86. The van der Waals surface area contributed by atoms with Gasteiger partial charge in [0.05, 0.1) is 18.8 Å². The van der Waals surface area contributed by atoms with Gasteiger partial charge in [-0.25, -0.2) is 9.59 Å². The molecule has 1 aliphatic carbocycles. The summed E-state index contributed by atoms with van der Waals surface area (Å²) in [6.45, 7) is 3.95. The highest BCUT2D eigenvalue weighted by atomic mass is 16.6. The van der Waals surface area contributed by atoms with Gasteiger partial charge in [0.15, 0.2) is 6.04 Å². The second-order valence-electron chi connectivity index (χ2n) is 7.86. The summed E-state index contributed by atoms with van der Waals surface area (Å²) in [5, 5.41) is 9.50. The minimum absolute atomic E-state index is 0.0387. The van der Waals surface area contributed by atoms with Crippen molar-refractivity contribution in [3.8, 4) is 11.1 Å². The molecule has 0 saturated carbocycles. The van der Waals surface area contributed by atoms with Crippen LogP contribution in [0.5, 0.6) is 0 Å². The zero-order chi connectivity index (χ0) is 19.9. The highest BCUT2D eigenvalue weighted by Gasteiger charge is 2.45. The monoisotopic (exact) mass is 381 g/mol. The number of fused-ring (bicyclic) bond motifs is 3. The van der Waals surface area contributed by atoms with E-state index in [-0.39, 0.29) is 25.7 Å². The van der Waals surface area contributed by atoms with Crippen LogP contribution in [0.3, 0.4) is 0 Å². The van der Waals surface area contributed by atoms with Crippen LogP contribution in [0, 0.1) is 0 Å². The summed E-state index contributed by atoms with van der Waals surface area (Å²) in [4.78, 5) is 25.8. The van der Waals surface area contributed by atoms with Crippen LogP contribution >= 0.6 is 0 Å². The van der Waals surface area contributed by atoms with Gasteiger partial charge in [-0.15, -0.1) is 0 Å². The third kappa shape index (κ3) is 3.03. The Morgan fingerprint density at radius 2 is 1.68 bits per heavy atom. The van der Waals surface area contributed by atoms with E-state index in [4.69, 9.17) is 9.47 Å². The van der Waals surface area contributed by atoms with E-state index < -0.39 is 23.6 Å². The summed E-state index contributed by atoms with van der Waals surface area (Å²) in [6.07, 6.45) is -0.623. The minimum Gasteiger partial charge on any atom is -0.480 e. The van der Waals surface area contributed by atoms with Gasteiger partial charge < -0.3 is 14.6 Å². The lowest BCUT2D eigenvalue weighted by Gasteiger charge is -2.44. The average molecular weight is 381 g/mol. The molecule has 0 bridgehead atoms. The molecular weight excluding hydrogens is 358 g/mol. The van der Waals surface area contributed by atoms with Crippen LogP contribution in [-0.2, 0) is 14.3 Å². The number of hydrogen-bond acceptors (Lipinski definition) is 4. The zero-order valence-corrected chi connectivity index (χ0v) is 15.9. The van der Waals surface area contributed by atoms with Crippen molar-refractivity contribution in [2.24, 2.45) is 0 Å². The fourth-order valence-corrected chi connectivity index (χ4v) is 4.21. The summed E-state index contributed by atoms with van der Waals surface area (Å²) in [7, 11) is 0. The Bertz CT molecular complexity index is 877. The first kappa shape index (κ1) is 18.5. The highest BCUT2D eigenvalue weighted by Crippen LogP contribution is 2.44. The first-order chi connectivity index (χ1) is 13.4. The fourth-order valence-electron chi connectivity index (χ4n) is 4.21. The van der Waals surface area contributed by atoms with Crippen molar-refractivity contribution in [2.75, 3.05) is 19.8 Å². The lowest BCUT2D eigenvalue weighted by molar-refractivity contribution is -0.156. The van der Waals surface area contributed by atoms with Crippen molar-refractivity contribution in [3.05, 3.63) is 59.7 Å². The third-order valence-electron chi connectivity index (χ3n) is 5.51. The van der Waals surface area contributed by atoms with Crippen molar-refractivity contribution >= 4 is 12.1 Å². The van der Waals surface area contributed by atoms with E-state index >= 15 is 0 Å². The maximum atomic E-state index is 12.9. The number of carbonyl (C=O) groups is 2. The van der Waals surface area contributed by atoms with E-state index in [1.165, 1.54) is 4.90 Å². The Morgan fingerprint density at radius 3 is 2.25 bits per heavy atom. The molecule has 2 aliphatic rings. The number of benzene rings is 2. The molecule has 146 valence electrons. The third-order valence-corrected chi connectivity index (χ3v) is 5.51. The van der Waals surface area contributed by atoms with Crippen molar-refractivity contribution in [2.45, 2.75) is 31.3 Å². The first-order valence-corrected chi connectivity index (χ1v) is 9.35. The number of carbonyl (C=O) groups excluding carboxylic acids is 1. The predicted octanol–water partition coefficient (Wildman–Crippen LogP) is 3.50. The van der Waals surface area contributed by atoms with Crippen molar-refractivity contribution in [1.82, 2.24) is 4.90 Å². The van der Waals surface area contributed by atoms with E-state index in [2.05, 4.69) is 12.1 Å². The molecule has 1 atom stereocenters. The lowest BCUT2D eigenvalue weighted by atomic mass is 9.98. The molecule has 4 rings (SSSR count). The largest absolute Gasteiger partial charge is 0.480 e. The van der Waals surface area contributed by atoms with Crippen LogP contribution in [0.15, 0.2) is 48.5 Å². The lowest BCUT2D eigenvalue weighted by Crippen LogP contribution is -2.63. The molecule has 2 aromatic rings. The molecule has 28 heavy (non-hydrogen) atoms. The van der Waals surface area contributed by atoms with E-state index in [1.807, 2.05) is 36.4 Å². The topological polar surface area (TPSA) is 76.1 Å². The van der Waals surface area contributed by atoms with Crippen molar-refractivity contribution < 1.29 is 24.2 Å². The second kappa shape index (κ2) is 6.95. The molecule has 1 amide bonds. The summed E-state index contributed by atoms with van der Waals surface area (Å²) in [5.41, 5.74) is 3.77.